The van der Waals surface area contributed by atoms with Gasteiger partial charge in [0.25, 0.3) is 11.1 Å². The van der Waals surface area contributed by atoms with E-state index in [-0.39, 0.29) is 128 Å². The Morgan fingerprint density at radius 3 is 1.35 bits per heavy atom. The third-order valence-electron chi connectivity index (χ3n) is 6.61. The van der Waals surface area contributed by atoms with Gasteiger partial charge in [0, 0.05) is 11.8 Å². The molecule has 0 spiro atoms. The first kappa shape index (κ1) is 50.9. The number of carbonyl (C=O) groups is 2. The number of fused-ring (bicyclic) bond motifs is 2. The molecule has 0 amide bonds. The average Bonchev–Trinajstić information content (AvgIpc) is 3.60. The molecule has 4 aromatic heterocycles. The van der Waals surface area contributed by atoms with Gasteiger partial charge in [-0.05, 0) is 0 Å². The highest BCUT2D eigenvalue weighted by Crippen LogP contribution is 2.08. The lowest BCUT2D eigenvalue weighted by molar-refractivity contribution is -0.419. The molecule has 18 N–H and O–H groups in total. The van der Waals surface area contributed by atoms with Crippen LogP contribution in [0.4, 0.5) is 11.9 Å². The summed E-state index contributed by atoms with van der Waals surface area (Å²) in [4.78, 5) is 67.1. The number of quaternary nitrogens is 2. The number of esters is 2. The molecular formula is C26H48Cl2N12O11. The van der Waals surface area contributed by atoms with Crippen molar-refractivity contribution in [1.82, 2.24) is 39.0 Å². The third kappa shape index (κ3) is 14.4. The average molecular weight is 776 g/mol. The molecule has 4 heterocycles. The number of hydrogen-bond acceptors (Lipinski definition) is 14. The van der Waals surface area contributed by atoms with Crippen molar-refractivity contribution in [1.29, 1.82) is 0 Å². The van der Waals surface area contributed by atoms with Crippen molar-refractivity contribution >= 4 is 46.2 Å². The van der Waals surface area contributed by atoms with E-state index in [0.717, 1.165) is 0 Å². The number of aromatic nitrogens is 8. The Morgan fingerprint density at radius 1 is 0.706 bits per heavy atom. The fourth-order valence-electron chi connectivity index (χ4n) is 3.62. The number of hydrogen-bond donors (Lipinski definition) is 6. The standard InChI is InChI=1S/2C13H20N6O4.2ClH.3H2O/c2*1-7(2)8(14)12(21)23-4-3-22-6-19-5-16-9-10(19)17-13(15)18-11(9)20;;;;;/h2*5,7-8H,3-4,6,14H2,1-2H3,(H3,15,17,18,20);2*1H;3*1H2/t2*8-;;;;;/m00...../s1. The van der Waals surface area contributed by atoms with Crippen LogP contribution in [0.25, 0.3) is 22.3 Å². The van der Waals surface area contributed by atoms with E-state index in [1.54, 1.807) is 9.13 Å². The number of ether oxygens (including phenoxy) is 4. The van der Waals surface area contributed by atoms with Crippen molar-refractivity contribution in [2.75, 3.05) is 37.9 Å². The number of carbonyl (C=O) groups excluding carboxylic acids is 2. The summed E-state index contributed by atoms with van der Waals surface area (Å²) in [7, 11) is 0. The number of nitrogens with one attached hydrogen (secondary N) is 2. The first-order valence-corrected chi connectivity index (χ1v) is 14.4. The highest BCUT2D eigenvalue weighted by atomic mass is 35.5. The van der Waals surface area contributed by atoms with Gasteiger partial charge in [0.15, 0.2) is 34.4 Å². The van der Waals surface area contributed by atoms with Gasteiger partial charge in [-0.2, -0.15) is 9.97 Å². The zero-order valence-electron chi connectivity index (χ0n) is 28.5. The molecule has 23 nitrogen and oxygen atoms in total. The SMILES string of the molecule is CC(C)[C@H]([NH3+])C(=O)OCCOCn1cnc2c(=O)[nH]c(N)nc21.CC(C)[C@H]([NH3+])C(=O)OCCOCn1cnc2c(=O)[nH]c(N)nc21.O.O.O.[Cl-].[Cl-]. The summed E-state index contributed by atoms with van der Waals surface area (Å²) in [6.07, 6.45) is 2.87. The van der Waals surface area contributed by atoms with Gasteiger partial charge in [-0.3, -0.25) is 28.7 Å². The van der Waals surface area contributed by atoms with Crippen LogP contribution < -0.4 is 58.9 Å². The molecule has 2 atom stereocenters. The van der Waals surface area contributed by atoms with E-state index in [9.17, 15) is 19.2 Å². The highest BCUT2D eigenvalue weighted by molar-refractivity contribution is 5.74. The quantitative estimate of drug-likeness (QED) is 0.0512. The minimum atomic E-state index is -0.407. The lowest BCUT2D eigenvalue weighted by Gasteiger charge is -2.11. The van der Waals surface area contributed by atoms with Crippen LogP contribution in [0.1, 0.15) is 27.7 Å². The number of imidazole rings is 2. The van der Waals surface area contributed by atoms with Crippen LogP contribution in [-0.2, 0) is 42.0 Å². The summed E-state index contributed by atoms with van der Waals surface area (Å²) in [5, 5.41) is 0. The molecular weight excluding hydrogens is 727 g/mol. The van der Waals surface area contributed by atoms with Gasteiger partial charge >= 0.3 is 11.9 Å². The Labute approximate surface area is 302 Å². The number of halogens is 2. The zero-order valence-corrected chi connectivity index (χ0v) is 30.0. The molecule has 0 aliphatic rings. The van der Waals surface area contributed by atoms with Gasteiger partial charge in [0.1, 0.15) is 26.7 Å². The smallest absolute Gasteiger partial charge is 0.365 e. The second-order valence-corrected chi connectivity index (χ2v) is 10.8. The normalized spacial score (nSPS) is 11.5. The third-order valence-corrected chi connectivity index (χ3v) is 6.61. The molecule has 0 bridgehead atoms. The van der Waals surface area contributed by atoms with Crippen molar-refractivity contribution in [3.8, 4) is 0 Å². The fraction of sp³-hybridized carbons (Fsp3) is 0.538. The van der Waals surface area contributed by atoms with E-state index < -0.39 is 23.2 Å². The molecule has 25 heteroatoms. The molecule has 292 valence electrons. The summed E-state index contributed by atoms with van der Waals surface area (Å²) in [5.41, 5.74) is 18.7. The van der Waals surface area contributed by atoms with Crippen LogP contribution >= 0.6 is 0 Å². The Kier molecular flexibility index (Phi) is 23.8. The Bertz CT molecular complexity index is 1620. The Hall–Kier alpha value is -4.46. The van der Waals surface area contributed by atoms with Crippen LogP contribution in [0.2, 0.25) is 0 Å². The van der Waals surface area contributed by atoms with Crippen LogP contribution in [0.5, 0.6) is 0 Å². The number of nitrogens with zero attached hydrogens (tertiary/aromatic N) is 6. The Balaban J connectivity index is -0.000000823. The number of aromatic amines is 2. The molecule has 0 unspecified atom stereocenters. The maximum absolute atomic E-state index is 11.6. The van der Waals surface area contributed by atoms with Gasteiger partial charge in [-0.15, -0.1) is 0 Å². The van der Waals surface area contributed by atoms with E-state index in [2.05, 4.69) is 41.4 Å². The molecule has 4 aromatic rings. The molecule has 0 aliphatic carbocycles. The lowest BCUT2D eigenvalue weighted by atomic mass is 10.1. The number of rotatable bonds is 14. The number of anilines is 2. The first-order valence-electron chi connectivity index (χ1n) is 14.4. The van der Waals surface area contributed by atoms with Crippen molar-refractivity contribution in [2.24, 2.45) is 11.8 Å². The van der Waals surface area contributed by atoms with Crippen LogP contribution in [0.3, 0.4) is 0 Å². The molecule has 4 rings (SSSR count). The predicted molar refractivity (Wildman–Crippen MR) is 173 cm³/mol. The first-order chi connectivity index (χ1) is 21.8. The number of nitrogen functional groups attached to an aromatic ring is 2. The van der Waals surface area contributed by atoms with Gasteiger partial charge in [-0.1, -0.05) is 27.7 Å². The molecule has 0 radical (unpaired) electrons. The monoisotopic (exact) mass is 774 g/mol. The van der Waals surface area contributed by atoms with Gasteiger partial charge in [0.2, 0.25) is 11.9 Å². The van der Waals surface area contributed by atoms with Crippen molar-refractivity contribution in [3.63, 3.8) is 0 Å². The van der Waals surface area contributed by atoms with Gasteiger partial charge in [0.05, 0.1) is 25.9 Å². The second kappa shape index (κ2) is 23.9. The van der Waals surface area contributed by atoms with E-state index >= 15 is 0 Å². The molecule has 0 aromatic carbocycles. The minimum absolute atomic E-state index is 0. The lowest BCUT2D eigenvalue weighted by Crippen LogP contribution is -3.00. The minimum Gasteiger partial charge on any atom is -1.00 e. The summed E-state index contributed by atoms with van der Waals surface area (Å²) in [6.45, 7) is 8.49. The molecule has 0 fully saturated rings. The molecule has 0 saturated carbocycles. The van der Waals surface area contributed by atoms with Crippen molar-refractivity contribution in [2.45, 2.75) is 53.2 Å². The maximum Gasteiger partial charge on any atom is 0.365 e. The van der Waals surface area contributed by atoms with Crippen molar-refractivity contribution in [3.05, 3.63) is 33.4 Å². The summed E-state index contributed by atoms with van der Waals surface area (Å²) in [5.74, 6) is -0.442. The van der Waals surface area contributed by atoms with Gasteiger partial charge < -0.3 is 83.1 Å². The van der Waals surface area contributed by atoms with Crippen LogP contribution in [0, 0.1) is 11.8 Å². The summed E-state index contributed by atoms with van der Waals surface area (Å²) >= 11 is 0. The molecule has 51 heavy (non-hydrogen) atoms. The van der Waals surface area contributed by atoms with Crippen LogP contribution in [-0.4, -0.2) is 106 Å². The summed E-state index contributed by atoms with van der Waals surface area (Å²) < 4.78 is 24.0. The number of nitrogens with two attached hydrogens (primary N) is 2. The van der Waals surface area contributed by atoms with Gasteiger partial charge in [-0.25, -0.2) is 19.6 Å². The van der Waals surface area contributed by atoms with Crippen LogP contribution in [0.15, 0.2) is 22.2 Å². The summed E-state index contributed by atoms with van der Waals surface area (Å²) in [6, 6.07) is -0.794. The zero-order chi connectivity index (χ0) is 34.0. The highest BCUT2D eigenvalue weighted by Gasteiger charge is 2.23. The van der Waals surface area contributed by atoms with Crippen molar-refractivity contribution < 1.29 is 81.2 Å². The second-order valence-electron chi connectivity index (χ2n) is 10.8. The van der Waals surface area contributed by atoms with E-state index in [1.807, 2.05) is 27.7 Å². The fourth-order valence-corrected chi connectivity index (χ4v) is 3.62. The van der Waals surface area contributed by atoms with E-state index in [1.165, 1.54) is 12.7 Å². The number of H-pyrrole nitrogens is 2. The van der Waals surface area contributed by atoms with E-state index in [0.29, 0.717) is 11.3 Å². The Morgan fingerprint density at radius 2 is 1.04 bits per heavy atom. The maximum atomic E-state index is 11.6. The topological polar surface area (TPSA) is 400 Å². The predicted octanol–water partition coefficient (Wildman–Crippen LogP) is -11.5. The largest absolute Gasteiger partial charge is 1.00 e. The molecule has 0 saturated heterocycles. The molecule has 0 aliphatic heterocycles. The van der Waals surface area contributed by atoms with E-state index in [4.69, 9.17) is 30.4 Å².